The molecule has 1 N–H and O–H groups in total. The predicted octanol–water partition coefficient (Wildman–Crippen LogP) is 4.64. The highest BCUT2D eigenvalue weighted by atomic mass is 19.4. The molecule has 0 aliphatic carbocycles. The molecule has 0 bridgehead atoms. The smallest absolute Gasteiger partial charge is 0.419 e. The van der Waals surface area contributed by atoms with Gasteiger partial charge < -0.3 is 10.1 Å². The van der Waals surface area contributed by atoms with Gasteiger partial charge in [0.2, 0.25) is 0 Å². The quantitative estimate of drug-likeness (QED) is 0.773. The first-order valence-corrected chi connectivity index (χ1v) is 7.17. The maximum atomic E-state index is 12.8. The number of benzene rings is 1. The average molecular weight is 303 g/mol. The van der Waals surface area contributed by atoms with E-state index in [1.165, 1.54) is 12.1 Å². The number of rotatable bonds is 6. The fourth-order valence-corrected chi connectivity index (χ4v) is 1.93. The standard InChI is InChI=1S/C16H24F3NO/c1-12(8-7-11-20-15(2,3)4)21-14-10-6-5-9-13(14)16(17,18)19/h5-6,9-10,12,20H,7-8,11H2,1-4H3. The van der Waals surface area contributed by atoms with Crippen molar-refractivity contribution in [2.24, 2.45) is 0 Å². The van der Waals surface area contributed by atoms with Crippen LogP contribution in [0.4, 0.5) is 13.2 Å². The zero-order valence-corrected chi connectivity index (χ0v) is 13.1. The SMILES string of the molecule is CC(CCCNC(C)(C)C)Oc1ccccc1C(F)(F)F. The van der Waals surface area contributed by atoms with Crippen molar-refractivity contribution in [3.05, 3.63) is 29.8 Å². The molecule has 0 spiro atoms. The van der Waals surface area contributed by atoms with Crippen LogP contribution in [0.1, 0.15) is 46.1 Å². The molecule has 0 saturated heterocycles. The fraction of sp³-hybridized carbons (Fsp3) is 0.625. The minimum absolute atomic E-state index is 0.0486. The molecule has 1 atom stereocenters. The van der Waals surface area contributed by atoms with Crippen molar-refractivity contribution in [2.45, 2.75) is 58.4 Å². The first-order valence-electron chi connectivity index (χ1n) is 7.17. The number of hydrogen-bond donors (Lipinski definition) is 1. The molecule has 0 radical (unpaired) electrons. The summed E-state index contributed by atoms with van der Waals surface area (Å²) in [5.41, 5.74) is -0.669. The highest BCUT2D eigenvalue weighted by Gasteiger charge is 2.34. The molecule has 0 aliphatic rings. The lowest BCUT2D eigenvalue weighted by atomic mass is 10.1. The molecule has 2 nitrogen and oxygen atoms in total. The summed E-state index contributed by atoms with van der Waals surface area (Å²) in [5.74, 6) is -0.0960. The molecular weight excluding hydrogens is 279 g/mol. The number of hydrogen-bond acceptors (Lipinski definition) is 2. The Morgan fingerprint density at radius 2 is 1.76 bits per heavy atom. The zero-order chi connectivity index (χ0) is 16.1. The Hall–Kier alpha value is -1.23. The second kappa shape index (κ2) is 7.16. The first kappa shape index (κ1) is 17.8. The molecule has 1 aromatic carbocycles. The Morgan fingerprint density at radius 3 is 2.33 bits per heavy atom. The highest BCUT2D eigenvalue weighted by molar-refractivity contribution is 5.35. The van der Waals surface area contributed by atoms with E-state index < -0.39 is 11.7 Å². The van der Waals surface area contributed by atoms with Gasteiger partial charge in [-0.3, -0.25) is 0 Å². The molecule has 0 amide bonds. The molecular formula is C16H24F3NO. The van der Waals surface area contributed by atoms with Crippen LogP contribution in [0.5, 0.6) is 5.75 Å². The van der Waals surface area contributed by atoms with Crippen LogP contribution in [0.2, 0.25) is 0 Å². The van der Waals surface area contributed by atoms with Gasteiger partial charge in [-0.2, -0.15) is 13.2 Å². The lowest BCUT2D eigenvalue weighted by Crippen LogP contribution is -2.36. The molecule has 0 saturated carbocycles. The van der Waals surface area contributed by atoms with Crippen molar-refractivity contribution in [1.82, 2.24) is 5.32 Å². The topological polar surface area (TPSA) is 21.3 Å². The van der Waals surface area contributed by atoms with Crippen LogP contribution < -0.4 is 10.1 Å². The molecule has 1 rings (SSSR count). The maximum Gasteiger partial charge on any atom is 0.419 e. The number of alkyl halides is 3. The Bertz CT molecular complexity index is 438. The van der Waals surface area contributed by atoms with Gasteiger partial charge in [0.05, 0.1) is 11.7 Å². The summed E-state index contributed by atoms with van der Waals surface area (Å²) in [6.07, 6.45) is -3.08. The fourth-order valence-electron chi connectivity index (χ4n) is 1.93. The van der Waals surface area contributed by atoms with Gasteiger partial charge in [0, 0.05) is 5.54 Å². The van der Waals surface area contributed by atoms with Crippen molar-refractivity contribution in [1.29, 1.82) is 0 Å². The van der Waals surface area contributed by atoms with Crippen molar-refractivity contribution < 1.29 is 17.9 Å². The predicted molar refractivity (Wildman–Crippen MR) is 78.5 cm³/mol. The van der Waals surface area contributed by atoms with Gasteiger partial charge in [0.25, 0.3) is 0 Å². The molecule has 0 heterocycles. The van der Waals surface area contributed by atoms with E-state index in [2.05, 4.69) is 26.1 Å². The van der Waals surface area contributed by atoms with Crippen LogP contribution in [-0.2, 0) is 6.18 Å². The second-order valence-corrected chi connectivity index (χ2v) is 6.24. The Labute approximate surface area is 124 Å². The van der Waals surface area contributed by atoms with Crippen LogP contribution in [0, 0.1) is 0 Å². The van der Waals surface area contributed by atoms with Gasteiger partial charge in [-0.05, 0) is 59.2 Å². The summed E-state index contributed by atoms with van der Waals surface area (Å²) in [5, 5.41) is 3.34. The highest BCUT2D eigenvalue weighted by Crippen LogP contribution is 2.36. The van der Waals surface area contributed by atoms with E-state index in [0.717, 1.165) is 19.0 Å². The van der Waals surface area contributed by atoms with Crippen LogP contribution in [0.25, 0.3) is 0 Å². The summed E-state index contributed by atoms with van der Waals surface area (Å²) in [7, 11) is 0. The Morgan fingerprint density at radius 1 is 1.14 bits per heavy atom. The van der Waals surface area contributed by atoms with Gasteiger partial charge in [-0.15, -0.1) is 0 Å². The summed E-state index contributed by atoms with van der Waals surface area (Å²) in [4.78, 5) is 0. The van der Waals surface area contributed by atoms with Crippen LogP contribution in [-0.4, -0.2) is 18.2 Å². The lowest BCUT2D eigenvalue weighted by Gasteiger charge is -2.22. The average Bonchev–Trinajstić information content (AvgIpc) is 2.33. The van der Waals surface area contributed by atoms with E-state index in [4.69, 9.17) is 4.74 Å². The van der Waals surface area contributed by atoms with E-state index in [9.17, 15) is 13.2 Å². The monoisotopic (exact) mass is 303 g/mol. The third-order valence-electron chi connectivity index (χ3n) is 2.96. The number of para-hydroxylation sites is 1. The van der Waals surface area contributed by atoms with E-state index in [1.807, 2.05) is 0 Å². The summed E-state index contributed by atoms with van der Waals surface area (Å²) >= 11 is 0. The van der Waals surface area contributed by atoms with E-state index in [1.54, 1.807) is 13.0 Å². The van der Waals surface area contributed by atoms with Gasteiger partial charge in [0.1, 0.15) is 5.75 Å². The van der Waals surface area contributed by atoms with Crippen molar-refractivity contribution >= 4 is 0 Å². The van der Waals surface area contributed by atoms with Gasteiger partial charge >= 0.3 is 6.18 Å². The maximum absolute atomic E-state index is 12.8. The molecule has 0 aromatic heterocycles. The number of ether oxygens (including phenoxy) is 1. The van der Waals surface area contributed by atoms with Gasteiger partial charge in [0.15, 0.2) is 0 Å². The summed E-state index contributed by atoms with van der Waals surface area (Å²) < 4.78 is 44.0. The zero-order valence-electron chi connectivity index (χ0n) is 13.1. The van der Waals surface area contributed by atoms with Crippen LogP contribution in [0.3, 0.4) is 0 Å². The van der Waals surface area contributed by atoms with Crippen molar-refractivity contribution in [3.63, 3.8) is 0 Å². The molecule has 0 fully saturated rings. The second-order valence-electron chi connectivity index (χ2n) is 6.24. The molecule has 1 unspecified atom stereocenters. The third kappa shape index (κ3) is 6.85. The number of halogens is 3. The van der Waals surface area contributed by atoms with E-state index >= 15 is 0 Å². The van der Waals surface area contributed by atoms with Crippen molar-refractivity contribution in [2.75, 3.05) is 6.54 Å². The van der Waals surface area contributed by atoms with E-state index in [-0.39, 0.29) is 17.4 Å². The molecule has 120 valence electrons. The minimum Gasteiger partial charge on any atom is -0.490 e. The van der Waals surface area contributed by atoms with Gasteiger partial charge in [-0.1, -0.05) is 12.1 Å². The van der Waals surface area contributed by atoms with Crippen LogP contribution in [0.15, 0.2) is 24.3 Å². The van der Waals surface area contributed by atoms with Crippen molar-refractivity contribution in [3.8, 4) is 5.75 Å². The third-order valence-corrected chi connectivity index (χ3v) is 2.96. The normalized spacial score (nSPS) is 14.0. The summed E-state index contributed by atoms with van der Waals surface area (Å²) in [6, 6.07) is 5.34. The lowest BCUT2D eigenvalue weighted by molar-refractivity contribution is -0.139. The Balaban J connectivity index is 2.50. The molecule has 5 heteroatoms. The molecule has 0 aliphatic heterocycles. The Kier molecular flexibility index (Phi) is 6.08. The minimum atomic E-state index is -4.38. The largest absolute Gasteiger partial charge is 0.490 e. The van der Waals surface area contributed by atoms with E-state index in [0.29, 0.717) is 6.42 Å². The van der Waals surface area contributed by atoms with Crippen LogP contribution >= 0.6 is 0 Å². The molecule has 21 heavy (non-hydrogen) atoms. The van der Waals surface area contributed by atoms with Gasteiger partial charge in [-0.25, -0.2) is 0 Å². The first-order chi connectivity index (χ1) is 9.59. The summed E-state index contributed by atoms with van der Waals surface area (Å²) in [6.45, 7) is 8.84. The number of nitrogens with one attached hydrogen (secondary N) is 1. The molecule has 1 aromatic rings.